The quantitative estimate of drug-likeness (QED) is 0.0898. The second kappa shape index (κ2) is 32.2. The molecule has 600 valence electrons. The zero-order valence-electron chi connectivity index (χ0n) is 80.3. The SMILES string of the molecule is Cc1cc(C)c(B(c2c(C)cc(C)cc2C)c2c(C)cc(-c3c(C)c(C)c(B(c4c(C)cc(C)cc4C)c4c(C)c(C)c(-c5c(C)c(C)c(B(c6c(C)cc(C)cc6C)c6c(C)c(C)c(-c7c(C)c(C)c(B(c8c(C)cc(C)cc8C)c8c(C)cc(C)cc8C)c(C)c7C)c(C)c6C)c(C)c5C)c(C)c4C)c(C)c3C)c(C)c2C)c(C)c1. The van der Waals surface area contributed by atoms with E-state index < -0.39 is 0 Å². The summed E-state index contributed by atoms with van der Waals surface area (Å²) in [6.07, 6.45) is 0. The van der Waals surface area contributed by atoms with Crippen molar-refractivity contribution in [2.24, 2.45) is 0 Å². The van der Waals surface area contributed by atoms with Gasteiger partial charge in [-0.3, -0.25) is 0 Å². The molecule has 0 amide bonds. The van der Waals surface area contributed by atoms with Gasteiger partial charge in [-0.1, -0.05) is 311 Å². The third-order valence-electron chi connectivity index (χ3n) is 30.2. The van der Waals surface area contributed by atoms with Gasteiger partial charge in [0.15, 0.2) is 0 Å². The van der Waals surface area contributed by atoms with E-state index in [0.717, 1.165) is 0 Å². The predicted octanol–water partition coefficient (Wildman–Crippen LogP) is 21.4. The van der Waals surface area contributed by atoms with E-state index in [9.17, 15) is 0 Å². The summed E-state index contributed by atoms with van der Waals surface area (Å²) >= 11 is 0. The van der Waals surface area contributed by atoms with Gasteiger partial charge in [-0.2, -0.15) is 0 Å². The van der Waals surface area contributed by atoms with Crippen molar-refractivity contribution >= 4 is 92.4 Å². The van der Waals surface area contributed by atoms with Gasteiger partial charge in [-0.15, -0.1) is 0 Å². The van der Waals surface area contributed by atoms with E-state index in [0.29, 0.717) is 0 Å². The van der Waals surface area contributed by atoms with Crippen LogP contribution in [0, 0.1) is 284 Å². The Morgan fingerprint density at radius 2 is 0.231 bits per heavy atom. The zero-order valence-corrected chi connectivity index (χ0v) is 80.3. The van der Waals surface area contributed by atoms with Crippen molar-refractivity contribution in [3.8, 4) is 33.4 Å². The molecule has 0 nitrogen and oxygen atoms in total. The first-order valence-corrected chi connectivity index (χ1v) is 43.7. The van der Waals surface area contributed by atoms with Crippen LogP contribution in [0.15, 0.2) is 78.9 Å². The van der Waals surface area contributed by atoms with Gasteiger partial charge in [0.05, 0.1) is 0 Å². The Morgan fingerprint density at radius 3 is 0.393 bits per heavy atom. The maximum absolute atomic E-state index is 2.58. The molecule has 0 saturated carbocycles. The van der Waals surface area contributed by atoms with E-state index >= 15 is 0 Å². The summed E-state index contributed by atoms with van der Waals surface area (Å²) in [7, 11) is 0. The second-order valence-electron chi connectivity index (χ2n) is 38.0. The van der Waals surface area contributed by atoms with Crippen LogP contribution in [0.3, 0.4) is 0 Å². The Labute approximate surface area is 711 Å². The van der Waals surface area contributed by atoms with Gasteiger partial charge in [0, 0.05) is 0 Å². The summed E-state index contributed by atoms with van der Waals surface area (Å²) in [6, 6.07) is 31.6. The summed E-state index contributed by atoms with van der Waals surface area (Å²) in [5.41, 5.74) is 81.7. The molecule has 0 radical (unpaired) electrons. The molecule has 12 rings (SSSR count). The summed E-state index contributed by atoms with van der Waals surface area (Å²) in [5.74, 6) is 0. The molecule has 0 atom stereocenters. The van der Waals surface area contributed by atoms with Crippen molar-refractivity contribution in [1.82, 2.24) is 0 Å². The molecule has 0 saturated heterocycles. The second-order valence-corrected chi connectivity index (χ2v) is 38.0. The highest BCUT2D eigenvalue weighted by atomic mass is 14.3. The number of hydrogen-bond donors (Lipinski definition) is 0. The van der Waals surface area contributed by atoms with Crippen LogP contribution >= 0.6 is 0 Å². The zero-order chi connectivity index (χ0) is 86.6. The van der Waals surface area contributed by atoms with Crippen LogP contribution in [-0.2, 0) is 0 Å². The van der Waals surface area contributed by atoms with Gasteiger partial charge in [0.25, 0.3) is 0 Å². The van der Waals surface area contributed by atoms with E-state index in [4.69, 9.17) is 0 Å². The van der Waals surface area contributed by atoms with Crippen LogP contribution in [0.4, 0.5) is 0 Å². The molecule has 0 aliphatic rings. The minimum absolute atomic E-state index is 0.0131. The highest BCUT2D eigenvalue weighted by Gasteiger charge is 2.41. The average molecular weight is 1540 g/mol. The Bertz CT molecular complexity index is 5840. The molecule has 0 aromatic heterocycles. The fourth-order valence-corrected chi connectivity index (χ4v) is 24.2. The third kappa shape index (κ3) is 14.3. The molecule has 0 unspecified atom stereocenters. The average Bonchev–Trinajstić information content (AvgIpc) is 0.720. The minimum atomic E-state index is -0.0158. The molecule has 0 aliphatic carbocycles. The molecule has 0 aliphatic heterocycles. The standard InChI is InChI=1S/C113H136B4/c1-55-42-61(7)102(62(8)43-55)114(103-63(9)44-56(2)45-64(103)10)108-73(19)54-96(74(20)85(108)31)97-75(21)86(32)110(87(33)76(97)22)116(106-69(15)50-59(5)51-70(106)16)111-90(36)79(25)100(80(26)91(111)37)101-83(29)94(40)113(95(41)84(101)30)117(107-71(17)52-60(6)53-72(107)18)112-92(38)81(27)99(82(28)93(112)39)98-77(23)88(34)109(89(35)78(98)24)115(104-65(11)46-57(3)47-66(104)12)105-67(13)48-58(4)49-68(105)14/h42-54H,1-41H3. The molecule has 12 aromatic rings. The number of rotatable bonds is 15. The first kappa shape index (κ1) is 87.2. The summed E-state index contributed by atoms with van der Waals surface area (Å²) in [5, 5.41) is 0. The van der Waals surface area contributed by atoms with Crippen molar-refractivity contribution in [3.63, 3.8) is 0 Å². The molecule has 4 heteroatoms. The van der Waals surface area contributed by atoms with Crippen LogP contribution in [0.5, 0.6) is 0 Å². The summed E-state index contributed by atoms with van der Waals surface area (Å²) < 4.78 is 0. The van der Waals surface area contributed by atoms with E-state index in [-0.39, 0.29) is 26.9 Å². The van der Waals surface area contributed by atoms with Gasteiger partial charge in [0.2, 0.25) is 26.9 Å². The fourth-order valence-electron chi connectivity index (χ4n) is 24.2. The maximum Gasteiger partial charge on any atom is 0.243 e. The Morgan fingerprint density at radius 1 is 0.111 bits per heavy atom. The molecular weight excluding hydrogens is 1400 g/mol. The van der Waals surface area contributed by atoms with E-state index in [1.54, 1.807) is 0 Å². The van der Waals surface area contributed by atoms with Gasteiger partial charge in [-0.05, 0) is 378 Å². The highest BCUT2D eigenvalue weighted by molar-refractivity contribution is 6.99. The maximum atomic E-state index is 2.58. The Hall–Kier alpha value is -9.10. The third-order valence-corrected chi connectivity index (χ3v) is 30.2. The number of hydrogen-bond acceptors (Lipinski definition) is 0. The Kier molecular flexibility index (Phi) is 24.0. The molecule has 0 heterocycles. The van der Waals surface area contributed by atoms with E-state index in [2.05, 4.69) is 363 Å². The normalized spacial score (nSPS) is 11.6. The van der Waals surface area contributed by atoms with Crippen molar-refractivity contribution in [3.05, 3.63) is 307 Å². The van der Waals surface area contributed by atoms with Gasteiger partial charge in [-0.25, -0.2) is 0 Å². The fraction of sp³-hybridized carbons (Fsp3) is 0.363. The van der Waals surface area contributed by atoms with Crippen LogP contribution in [0.1, 0.15) is 228 Å². The van der Waals surface area contributed by atoms with Gasteiger partial charge in [0.1, 0.15) is 0 Å². The summed E-state index contributed by atoms with van der Waals surface area (Å²) in [4.78, 5) is 0. The highest BCUT2D eigenvalue weighted by Crippen LogP contribution is 2.43. The first-order valence-electron chi connectivity index (χ1n) is 43.7. The monoisotopic (exact) mass is 1540 g/mol. The molecule has 0 fully saturated rings. The molecular formula is C113H136B4. The predicted molar refractivity (Wildman–Crippen MR) is 527 cm³/mol. The topological polar surface area (TPSA) is 0 Å². The number of aryl methyl sites for hydroxylation is 19. The smallest absolute Gasteiger partial charge is 0.0629 e. The van der Waals surface area contributed by atoms with Crippen LogP contribution in [-0.4, -0.2) is 26.9 Å². The van der Waals surface area contributed by atoms with Crippen LogP contribution in [0.2, 0.25) is 0 Å². The van der Waals surface area contributed by atoms with Crippen molar-refractivity contribution in [1.29, 1.82) is 0 Å². The van der Waals surface area contributed by atoms with Crippen LogP contribution < -0.4 is 65.6 Å². The van der Waals surface area contributed by atoms with E-state index in [1.807, 2.05) is 0 Å². The van der Waals surface area contributed by atoms with Gasteiger partial charge < -0.3 is 0 Å². The molecule has 0 spiro atoms. The molecule has 117 heavy (non-hydrogen) atoms. The minimum Gasteiger partial charge on any atom is -0.0629 e. The molecule has 0 N–H and O–H groups in total. The number of benzene rings is 12. The first-order chi connectivity index (χ1) is 54.6. The van der Waals surface area contributed by atoms with Crippen LogP contribution in [0.25, 0.3) is 33.4 Å². The summed E-state index contributed by atoms with van der Waals surface area (Å²) in [6.45, 7) is 98.4. The van der Waals surface area contributed by atoms with Crippen molar-refractivity contribution in [2.75, 3.05) is 0 Å². The van der Waals surface area contributed by atoms with Crippen molar-refractivity contribution in [2.45, 2.75) is 284 Å². The molecule has 0 bridgehead atoms. The molecule has 12 aromatic carbocycles. The van der Waals surface area contributed by atoms with Crippen molar-refractivity contribution < 1.29 is 0 Å². The lowest BCUT2D eigenvalue weighted by atomic mass is 9.32. The lowest BCUT2D eigenvalue weighted by Crippen LogP contribution is -2.58. The van der Waals surface area contributed by atoms with Gasteiger partial charge >= 0.3 is 0 Å². The van der Waals surface area contributed by atoms with E-state index in [1.165, 1.54) is 327 Å². The largest absolute Gasteiger partial charge is 0.243 e. The Balaban J connectivity index is 1.04. The lowest BCUT2D eigenvalue weighted by Gasteiger charge is -2.34. The lowest BCUT2D eigenvalue weighted by molar-refractivity contribution is 1.21.